The van der Waals surface area contributed by atoms with Gasteiger partial charge in [-0.1, -0.05) is 40.0 Å². The van der Waals surface area contributed by atoms with E-state index in [9.17, 15) is 4.21 Å². The molecular weight excluding hydrogens is 218 g/mol. The molecule has 0 aliphatic heterocycles. The van der Waals surface area contributed by atoms with Gasteiger partial charge in [-0.25, -0.2) is 0 Å². The first-order chi connectivity index (χ1) is 7.54. The standard InChI is InChI=1S/C13H27NOS/c1-4-11(3)13(14)9-16(15)12-7-5-6-10(2)8-12/h10-13H,4-9,14H2,1-3H3. The maximum Gasteiger partial charge on any atom is 0.0392 e. The summed E-state index contributed by atoms with van der Waals surface area (Å²) in [6.45, 7) is 6.58. The fourth-order valence-electron chi connectivity index (χ4n) is 2.41. The van der Waals surface area contributed by atoms with Gasteiger partial charge in [0.05, 0.1) is 0 Å². The van der Waals surface area contributed by atoms with Gasteiger partial charge < -0.3 is 5.73 Å². The summed E-state index contributed by atoms with van der Waals surface area (Å²) in [6.07, 6.45) is 5.92. The molecule has 0 aromatic heterocycles. The molecule has 5 atom stereocenters. The molecule has 16 heavy (non-hydrogen) atoms. The summed E-state index contributed by atoms with van der Waals surface area (Å²) >= 11 is 0. The van der Waals surface area contributed by atoms with E-state index in [2.05, 4.69) is 20.8 Å². The van der Waals surface area contributed by atoms with Gasteiger partial charge in [-0.05, 0) is 24.7 Å². The molecule has 0 spiro atoms. The van der Waals surface area contributed by atoms with E-state index >= 15 is 0 Å². The summed E-state index contributed by atoms with van der Waals surface area (Å²) < 4.78 is 12.2. The second kappa shape index (κ2) is 6.75. The third-order valence-corrected chi connectivity index (χ3v) is 5.88. The van der Waals surface area contributed by atoms with Crippen LogP contribution >= 0.6 is 0 Å². The average Bonchev–Trinajstić information content (AvgIpc) is 2.27. The van der Waals surface area contributed by atoms with Crippen molar-refractivity contribution in [3.63, 3.8) is 0 Å². The molecule has 2 nitrogen and oxygen atoms in total. The topological polar surface area (TPSA) is 43.1 Å². The van der Waals surface area contributed by atoms with Crippen LogP contribution in [0.25, 0.3) is 0 Å². The zero-order valence-corrected chi connectivity index (χ0v) is 11.8. The van der Waals surface area contributed by atoms with Crippen LogP contribution in [-0.2, 0) is 10.8 Å². The Morgan fingerprint density at radius 3 is 2.69 bits per heavy atom. The highest BCUT2D eigenvalue weighted by Crippen LogP contribution is 2.27. The van der Waals surface area contributed by atoms with E-state index in [-0.39, 0.29) is 6.04 Å². The molecule has 1 aliphatic carbocycles. The Morgan fingerprint density at radius 1 is 1.44 bits per heavy atom. The lowest BCUT2D eigenvalue weighted by molar-refractivity contribution is 0.387. The summed E-state index contributed by atoms with van der Waals surface area (Å²) in [5.41, 5.74) is 6.08. The van der Waals surface area contributed by atoms with E-state index in [4.69, 9.17) is 5.73 Å². The van der Waals surface area contributed by atoms with E-state index in [1.165, 1.54) is 12.8 Å². The van der Waals surface area contributed by atoms with Crippen LogP contribution < -0.4 is 5.73 Å². The smallest absolute Gasteiger partial charge is 0.0392 e. The van der Waals surface area contributed by atoms with Crippen LogP contribution in [0.3, 0.4) is 0 Å². The normalized spacial score (nSPS) is 32.0. The van der Waals surface area contributed by atoms with Crippen LogP contribution in [0.5, 0.6) is 0 Å². The van der Waals surface area contributed by atoms with E-state index < -0.39 is 10.8 Å². The van der Waals surface area contributed by atoms with Crippen LogP contribution in [0.15, 0.2) is 0 Å². The highest BCUT2D eigenvalue weighted by molar-refractivity contribution is 7.85. The molecule has 0 amide bonds. The SMILES string of the molecule is CCC(C)C(N)CS(=O)C1CCCC(C)C1. The molecule has 0 aromatic carbocycles. The van der Waals surface area contributed by atoms with Gasteiger partial charge >= 0.3 is 0 Å². The van der Waals surface area contributed by atoms with Crippen molar-refractivity contribution >= 4 is 10.8 Å². The fourth-order valence-corrected chi connectivity index (χ4v) is 4.36. The molecule has 3 heteroatoms. The Balaban J connectivity index is 2.39. The Morgan fingerprint density at radius 2 is 2.12 bits per heavy atom. The maximum atomic E-state index is 12.2. The molecule has 2 N–H and O–H groups in total. The van der Waals surface area contributed by atoms with E-state index in [1.54, 1.807) is 0 Å². The molecule has 0 aromatic rings. The molecule has 5 unspecified atom stereocenters. The highest BCUT2D eigenvalue weighted by atomic mass is 32.2. The van der Waals surface area contributed by atoms with E-state index in [0.717, 1.165) is 25.2 Å². The van der Waals surface area contributed by atoms with Crippen LogP contribution in [0.1, 0.15) is 52.9 Å². The predicted molar refractivity (Wildman–Crippen MR) is 71.9 cm³/mol. The number of hydrogen-bond acceptors (Lipinski definition) is 2. The molecule has 0 radical (unpaired) electrons. The van der Waals surface area contributed by atoms with Crippen molar-refractivity contribution in [2.45, 2.75) is 64.2 Å². The summed E-state index contributed by atoms with van der Waals surface area (Å²) in [5, 5.41) is 0.416. The van der Waals surface area contributed by atoms with Crippen LogP contribution in [0.4, 0.5) is 0 Å². The van der Waals surface area contributed by atoms with Crippen molar-refractivity contribution in [1.29, 1.82) is 0 Å². The Hall–Kier alpha value is 0.110. The summed E-state index contributed by atoms with van der Waals surface area (Å²) in [5.74, 6) is 1.94. The number of rotatable bonds is 5. The largest absolute Gasteiger partial charge is 0.327 e. The molecule has 1 rings (SSSR count). The highest BCUT2D eigenvalue weighted by Gasteiger charge is 2.25. The lowest BCUT2D eigenvalue weighted by Gasteiger charge is -2.28. The minimum Gasteiger partial charge on any atom is -0.327 e. The first-order valence-corrected chi connectivity index (χ1v) is 8.05. The van der Waals surface area contributed by atoms with E-state index in [1.807, 2.05) is 0 Å². The second-order valence-electron chi connectivity index (χ2n) is 5.49. The monoisotopic (exact) mass is 245 g/mol. The summed E-state index contributed by atoms with van der Waals surface area (Å²) in [7, 11) is -0.704. The minimum atomic E-state index is -0.704. The zero-order chi connectivity index (χ0) is 12.1. The van der Waals surface area contributed by atoms with Crippen LogP contribution in [0, 0.1) is 11.8 Å². The molecule has 96 valence electrons. The van der Waals surface area contributed by atoms with E-state index in [0.29, 0.717) is 16.9 Å². The lowest BCUT2D eigenvalue weighted by atomic mass is 9.91. The molecule has 0 heterocycles. The molecule has 1 aliphatic rings. The van der Waals surface area contributed by atoms with Crippen molar-refractivity contribution < 1.29 is 4.21 Å². The van der Waals surface area contributed by atoms with Crippen molar-refractivity contribution in [1.82, 2.24) is 0 Å². The predicted octanol–water partition coefficient (Wildman–Crippen LogP) is 2.69. The van der Waals surface area contributed by atoms with Gasteiger partial charge in [-0.15, -0.1) is 0 Å². The Kier molecular flexibility index (Phi) is 5.98. The molecule has 1 fully saturated rings. The zero-order valence-electron chi connectivity index (χ0n) is 10.9. The average molecular weight is 245 g/mol. The van der Waals surface area contributed by atoms with Gasteiger partial charge in [-0.3, -0.25) is 4.21 Å². The minimum absolute atomic E-state index is 0.114. The van der Waals surface area contributed by atoms with Crippen LogP contribution in [0.2, 0.25) is 0 Å². The third kappa shape index (κ3) is 4.17. The molecule has 0 saturated heterocycles. The third-order valence-electron chi connectivity index (χ3n) is 3.99. The molecular formula is C13H27NOS. The first-order valence-electron chi connectivity index (χ1n) is 6.67. The van der Waals surface area contributed by atoms with Crippen LogP contribution in [-0.4, -0.2) is 21.3 Å². The van der Waals surface area contributed by atoms with Gasteiger partial charge in [0.2, 0.25) is 0 Å². The Labute approximate surface area is 103 Å². The van der Waals surface area contributed by atoms with Gasteiger partial charge in [-0.2, -0.15) is 0 Å². The van der Waals surface area contributed by atoms with Gasteiger partial charge in [0, 0.05) is 27.8 Å². The first kappa shape index (κ1) is 14.2. The quantitative estimate of drug-likeness (QED) is 0.809. The van der Waals surface area contributed by atoms with Gasteiger partial charge in [0.15, 0.2) is 0 Å². The van der Waals surface area contributed by atoms with Crippen molar-refractivity contribution in [3.05, 3.63) is 0 Å². The fraction of sp³-hybridized carbons (Fsp3) is 1.00. The number of nitrogens with two attached hydrogens (primary N) is 1. The molecule has 0 bridgehead atoms. The Bertz CT molecular complexity index is 232. The van der Waals surface area contributed by atoms with Crippen molar-refractivity contribution in [2.24, 2.45) is 17.6 Å². The number of hydrogen-bond donors (Lipinski definition) is 1. The molecule has 1 saturated carbocycles. The maximum absolute atomic E-state index is 12.2. The van der Waals surface area contributed by atoms with Gasteiger partial charge in [0.25, 0.3) is 0 Å². The lowest BCUT2D eigenvalue weighted by Crippen LogP contribution is -2.37. The summed E-state index contributed by atoms with van der Waals surface area (Å²) in [6, 6.07) is 0.114. The van der Waals surface area contributed by atoms with Gasteiger partial charge in [0.1, 0.15) is 0 Å². The van der Waals surface area contributed by atoms with Crippen molar-refractivity contribution in [3.8, 4) is 0 Å². The van der Waals surface area contributed by atoms with Crippen molar-refractivity contribution in [2.75, 3.05) is 5.75 Å². The summed E-state index contributed by atoms with van der Waals surface area (Å²) in [4.78, 5) is 0. The second-order valence-corrected chi connectivity index (χ2v) is 7.25.